The average Bonchev–Trinajstić information content (AvgIpc) is 2.34. The van der Waals surface area contributed by atoms with Gasteiger partial charge in [-0.1, -0.05) is 0 Å². The van der Waals surface area contributed by atoms with Crippen LogP contribution in [0.2, 0.25) is 0 Å². The zero-order valence-corrected chi connectivity index (χ0v) is 15.0. The molecule has 0 spiro atoms. The van der Waals surface area contributed by atoms with Gasteiger partial charge in [-0.05, 0) is 0 Å². The number of hydrogen-bond acceptors (Lipinski definition) is 8. The largest absolute Gasteiger partial charge is 0.481 e. The van der Waals surface area contributed by atoms with Gasteiger partial charge in [-0.25, -0.2) is 9.59 Å². The van der Waals surface area contributed by atoms with Crippen LogP contribution in [0.3, 0.4) is 0 Å². The van der Waals surface area contributed by atoms with Crippen molar-refractivity contribution in [3.8, 4) is 0 Å². The topological polar surface area (TPSA) is 264 Å². The Bertz CT molecular complexity index is 513. The molecule has 0 aliphatic carbocycles. The fourth-order valence-electron chi connectivity index (χ4n) is 1.43. The van der Waals surface area contributed by atoms with Gasteiger partial charge in [-0.3, -0.25) is 19.2 Å². The van der Waals surface area contributed by atoms with Crippen LogP contribution in [-0.4, -0.2) is 111 Å². The predicted octanol–water partition coefficient (Wildman–Crippen LogP) is -2.88. The average molecular weight is 409 g/mol. The molecule has 0 unspecified atom stereocenters. The van der Waals surface area contributed by atoms with E-state index in [2.05, 4.69) is 0 Å². The van der Waals surface area contributed by atoms with Gasteiger partial charge in [0.15, 0.2) is 11.2 Å². The van der Waals surface area contributed by atoms with Gasteiger partial charge in [0.05, 0.1) is 25.7 Å². The first kappa shape index (κ1) is 29.3. The lowest BCUT2D eigenvalue weighted by Crippen LogP contribution is -2.42. The van der Waals surface area contributed by atoms with Crippen LogP contribution >= 0.6 is 0 Å². The second-order valence-corrected chi connectivity index (χ2v) is 4.96. The van der Waals surface area contributed by atoms with Crippen LogP contribution in [0.15, 0.2) is 0 Å². The monoisotopic (exact) mass is 408 g/mol. The molecule has 0 heterocycles. The van der Waals surface area contributed by atoms with Crippen molar-refractivity contribution in [2.24, 2.45) is 0 Å². The van der Waals surface area contributed by atoms with E-state index in [0.717, 1.165) is 0 Å². The van der Waals surface area contributed by atoms with Crippen LogP contribution in [0, 0.1) is 0 Å². The second-order valence-electron chi connectivity index (χ2n) is 4.96. The SMILES string of the molecule is O=C(O)CC(O)(CC(=O)O)C(=O)O.O=C(O)CC(O)(CC(=O)O)C(=O)O.[Mg]. The maximum atomic E-state index is 10.3. The van der Waals surface area contributed by atoms with E-state index in [0.29, 0.717) is 0 Å². The summed E-state index contributed by atoms with van der Waals surface area (Å²) in [5.74, 6) is -10.0. The fraction of sp³-hybridized carbons (Fsp3) is 0.500. The molecule has 0 aromatic carbocycles. The number of carbonyl (C=O) groups is 6. The number of hydrogen-bond donors (Lipinski definition) is 8. The molecule has 0 bridgehead atoms. The third kappa shape index (κ3) is 12.5. The molecule has 27 heavy (non-hydrogen) atoms. The Morgan fingerprint density at radius 3 is 0.704 bits per heavy atom. The summed E-state index contributed by atoms with van der Waals surface area (Å²) in [5.41, 5.74) is -5.48. The molecule has 0 aromatic heterocycles. The molecule has 0 amide bonds. The molecule has 0 aliphatic rings. The molecule has 0 rings (SSSR count). The quantitative estimate of drug-likeness (QED) is 0.169. The van der Waals surface area contributed by atoms with Gasteiger partial charge in [0.25, 0.3) is 0 Å². The van der Waals surface area contributed by atoms with E-state index in [9.17, 15) is 28.8 Å². The molecule has 2 radical (unpaired) electrons. The number of aliphatic carboxylic acids is 6. The van der Waals surface area contributed by atoms with Crippen LogP contribution in [-0.2, 0) is 28.8 Å². The van der Waals surface area contributed by atoms with Gasteiger partial charge in [-0.15, -0.1) is 0 Å². The van der Waals surface area contributed by atoms with Gasteiger partial charge >= 0.3 is 35.8 Å². The Morgan fingerprint density at radius 2 is 0.630 bits per heavy atom. The molecule has 15 heteroatoms. The van der Waals surface area contributed by atoms with E-state index in [-0.39, 0.29) is 23.1 Å². The van der Waals surface area contributed by atoms with Crippen molar-refractivity contribution in [2.45, 2.75) is 36.9 Å². The highest BCUT2D eigenvalue weighted by molar-refractivity contribution is 5.88. The first-order valence-electron chi connectivity index (χ1n) is 6.34. The zero-order chi connectivity index (χ0) is 21.3. The van der Waals surface area contributed by atoms with E-state index in [1.54, 1.807) is 0 Å². The number of aliphatic hydroxyl groups is 2. The van der Waals surface area contributed by atoms with Crippen molar-refractivity contribution < 1.29 is 69.6 Å². The van der Waals surface area contributed by atoms with Crippen molar-refractivity contribution in [3.05, 3.63) is 0 Å². The smallest absolute Gasteiger partial charge is 0.336 e. The minimum absolute atomic E-state index is 0. The van der Waals surface area contributed by atoms with Crippen LogP contribution in [0.4, 0.5) is 0 Å². The molecule has 0 aromatic rings. The number of carboxylic acid groups (broad SMARTS) is 6. The second kappa shape index (κ2) is 12.0. The summed E-state index contributed by atoms with van der Waals surface area (Å²) in [6.45, 7) is 0. The van der Waals surface area contributed by atoms with Gasteiger partial charge in [-0.2, -0.15) is 0 Å². The molecule has 0 aliphatic heterocycles. The summed E-state index contributed by atoms with van der Waals surface area (Å²) >= 11 is 0. The first-order valence-corrected chi connectivity index (χ1v) is 6.34. The number of rotatable bonds is 10. The van der Waals surface area contributed by atoms with Crippen molar-refractivity contribution >= 4 is 58.9 Å². The van der Waals surface area contributed by atoms with E-state index < -0.39 is 72.7 Å². The number of carboxylic acids is 6. The third-order valence-corrected chi connectivity index (χ3v) is 2.57. The Hall–Kier alpha value is -2.49. The predicted molar refractivity (Wildman–Crippen MR) is 79.9 cm³/mol. The van der Waals surface area contributed by atoms with Gasteiger partial charge in [0, 0.05) is 23.1 Å². The maximum Gasteiger partial charge on any atom is 0.336 e. The molecular formula is C12H16MgO14. The van der Waals surface area contributed by atoms with Gasteiger partial charge in [0.1, 0.15) is 0 Å². The summed E-state index contributed by atoms with van der Waals surface area (Å²) in [6.07, 6.45) is -4.58. The van der Waals surface area contributed by atoms with E-state index in [1.165, 1.54) is 0 Å². The highest BCUT2D eigenvalue weighted by Gasteiger charge is 2.41. The maximum absolute atomic E-state index is 10.3. The normalized spacial score (nSPS) is 10.4. The van der Waals surface area contributed by atoms with Crippen molar-refractivity contribution in [2.75, 3.05) is 0 Å². The van der Waals surface area contributed by atoms with Crippen molar-refractivity contribution in [1.82, 2.24) is 0 Å². The highest BCUT2D eigenvalue weighted by atomic mass is 24.3. The fourth-order valence-corrected chi connectivity index (χ4v) is 1.43. The van der Waals surface area contributed by atoms with E-state index >= 15 is 0 Å². The lowest BCUT2D eigenvalue weighted by atomic mass is 9.96. The van der Waals surface area contributed by atoms with Gasteiger partial charge in [0.2, 0.25) is 0 Å². The van der Waals surface area contributed by atoms with Crippen LogP contribution in [0.5, 0.6) is 0 Å². The summed E-state index contributed by atoms with van der Waals surface area (Å²) in [4.78, 5) is 61.0. The lowest BCUT2D eigenvalue weighted by molar-refractivity contribution is -0.170. The van der Waals surface area contributed by atoms with Crippen LogP contribution in [0.25, 0.3) is 0 Å². The Morgan fingerprint density at radius 1 is 0.481 bits per heavy atom. The minimum Gasteiger partial charge on any atom is -0.481 e. The molecule has 150 valence electrons. The molecule has 14 nitrogen and oxygen atoms in total. The van der Waals surface area contributed by atoms with Crippen molar-refractivity contribution in [3.63, 3.8) is 0 Å². The van der Waals surface area contributed by atoms with Gasteiger partial charge < -0.3 is 40.9 Å². The third-order valence-electron chi connectivity index (χ3n) is 2.57. The summed E-state index contributed by atoms with van der Waals surface area (Å²) in [6, 6.07) is 0. The Kier molecular flexibility index (Phi) is 13.0. The molecule has 8 N–H and O–H groups in total. The first-order chi connectivity index (χ1) is 11.6. The Balaban J connectivity index is -0.000000411. The van der Waals surface area contributed by atoms with E-state index in [1.807, 2.05) is 0 Å². The standard InChI is InChI=1S/2C6H8O7.Mg/c2*7-3(8)1-6(13,5(11)12)2-4(9)10;/h2*13H,1-2H2,(H,7,8)(H,9,10)(H,11,12);. The summed E-state index contributed by atoms with van der Waals surface area (Å²) in [7, 11) is 0. The molecule has 0 fully saturated rings. The van der Waals surface area contributed by atoms with Crippen LogP contribution in [0.1, 0.15) is 25.7 Å². The van der Waals surface area contributed by atoms with E-state index in [4.69, 9.17) is 40.9 Å². The molecule has 0 atom stereocenters. The molecule has 0 saturated carbocycles. The van der Waals surface area contributed by atoms with Crippen molar-refractivity contribution in [1.29, 1.82) is 0 Å². The summed E-state index contributed by atoms with van der Waals surface area (Å²) < 4.78 is 0. The molecular weight excluding hydrogens is 392 g/mol. The van der Waals surface area contributed by atoms with Crippen LogP contribution < -0.4 is 0 Å². The summed E-state index contributed by atoms with van der Waals surface area (Å²) in [5, 5.41) is 67.6. The highest BCUT2D eigenvalue weighted by Crippen LogP contribution is 2.16. The minimum atomic E-state index is -2.74. The molecule has 0 saturated heterocycles. The Labute approximate surface area is 165 Å². The lowest BCUT2D eigenvalue weighted by Gasteiger charge is -2.18. The zero-order valence-electron chi connectivity index (χ0n) is 13.6.